The second-order valence-electron chi connectivity index (χ2n) is 6.24. The third-order valence-electron chi connectivity index (χ3n) is 4.37. The Morgan fingerprint density at radius 2 is 2.04 bits per heavy atom. The fourth-order valence-electron chi connectivity index (χ4n) is 2.94. The molecule has 0 aliphatic heterocycles. The third kappa shape index (κ3) is 4.19. The number of hydrogen-bond donors (Lipinski definition) is 1. The fourth-order valence-corrected chi connectivity index (χ4v) is 4.51. The number of benzene rings is 1. The van der Waals surface area contributed by atoms with Crippen molar-refractivity contribution < 1.29 is 17.3 Å². The number of hydrogen-bond acceptors (Lipinski definition) is 5. The molecule has 1 aliphatic rings. The van der Waals surface area contributed by atoms with Crippen molar-refractivity contribution in [3.8, 4) is 0 Å². The van der Waals surface area contributed by atoms with Gasteiger partial charge in [-0.15, -0.1) is 0 Å². The molecule has 136 valence electrons. The lowest BCUT2D eigenvalue weighted by Gasteiger charge is -2.17. The average molecular weight is 388 g/mol. The summed E-state index contributed by atoms with van der Waals surface area (Å²) in [7, 11) is -3.92. The van der Waals surface area contributed by atoms with Gasteiger partial charge in [-0.25, -0.2) is 17.5 Å². The molecule has 0 unspecified atom stereocenters. The Bertz CT molecular complexity index is 864. The van der Waals surface area contributed by atoms with Crippen LogP contribution in [0.25, 0.3) is 0 Å². The molecular weight excluding hydrogens is 369 g/mol. The van der Waals surface area contributed by atoms with Crippen molar-refractivity contribution >= 4 is 21.6 Å². The van der Waals surface area contributed by atoms with Gasteiger partial charge in [-0.1, -0.05) is 36.0 Å². The van der Waals surface area contributed by atoms with Crippen LogP contribution in [0.3, 0.4) is 0 Å². The molecule has 1 aromatic carbocycles. The van der Waals surface area contributed by atoms with E-state index >= 15 is 0 Å². The number of aromatic nitrogens is 2. The van der Waals surface area contributed by atoms with Gasteiger partial charge in [-0.05, 0) is 37.5 Å². The zero-order valence-corrected chi connectivity index (χ0v) is 15.3. The van der Waals surface area contributed by atoms with Crippen LogP contribution < -0.4 is 4.72 Å². The van der Waals surface area contributed by atoms with E-state index < -0.39 is 15.8 Å². The van der Waals surface area contributed by atoms with Crippen molar-refractivity contribution in [3.63, 3.8) is 0 Å². The van der Waals surface area contributed by atoms with Gasteiger partial charge in [0.1, 0.15) is 10.7 Å². The lowest BCUT2D eigenvalue weighted by molar-refractivity contribution is 0.356. The second-order valence-corrected chi connectivity index (χ2v) is 8.38. The third-order valence-corrected chi connectivity index (χ3v) is 6.24. The Hall–Kier alpha value is -1.51. The summed E-state index contributed by atoms with van der Waals surface area (Å²) in [4.78, 5) is 4.11. The summed E-state index contributed by atoms with van der Waals surface area (Å²) in [6.45, 7) is 1.33. The molecule has 1 heterocycles. The maximum atomic E-state index is 13.4. The van der Waals surface area contributed by atoms with Crippen molar-refractivity contribution in [2.24, 2.45) is 0 Å². The minimum absolute atomic E-state index is 0.144. The maximum Gasteiger partial charge on any atom is 0.242 e. The highest BCUT2D eigenvalue weighted by atomic mass is 35.5. The van der Waals surface area contributed by atoms with Gasteiger partial charge in [0.2, 0.25) is 15.9 Å². The van der Waals surface area contributed by atoms with Crippen molar-refractivity contribution in [1.29, 1.82) is 0 Å². The molecule has 0 bridgehead atoms. The topological polar surface area (TPSA) is 85.1 Å². The SMILES string of the molecule is Cc1cc(S(=O)(=O)NCc2nc(C3CCCCC3)no2)c(Cl)cc1F. The number of rotatable bonds is 5. The quantitative estimate of drug-likeness (QED) is 0.845. The molecule has 1 aliphatic carbocycles. The molecule has 6 nitrogen and oxygen atoms in total. The van der Waals surface area contributed by atoms with E-state index in [0.29, 0.717) is 5.82 Å². The van der Waals surface area contributed by atoms with Crippen LogP contribution in [0.1, 0.15) is 55.3 Å². The van der Waals surface area contributed by atoms with Crippen molar-refractivity contribution in [2.75, 3.05) is 0 Å². The van der Waals surface area contributed by atoms with Gasteiger partial charge in [0.15, 0.2) is 5.82 Å². The molecule has 0 spiro atoms. The lowest BCUT2D eigenvalue weighted by Crippen LogP contribution is -2.24. The maximum absolute atomic E-state index is 13.4. The second kappa shape index (κ2) is 7.39. The Morgan fingerprint density at radius 1 is 1.32 bits per heavy atom. The summed E-state index contributed by atoms with van der Waals surface area (Å²) in [5.74, 6) is 0.540. The number of sulfonamides is 1. The molecule has 9 heteroatoms. The van der Waals surface area contributed by atoms with Crippen LogP contribution in [-0.4, -0.2) is 18.6 Å². The standard InChI is InChI=1S/C16H19ClFN3O3S/c1-10-7-14(12(17)8-13(10)18)25(22,23)19-9-15-20-16(21-24-15)11-5-3-2-4-6-11/h7-8,11,19H,2-6,9H2,1H3. The van der Waals surface area contributed by atoms with Gasteiger partial charge >= 0.3 is 0 Å². The largest absolute Gasteiger partial charge is 0.338 e. The molecule has 1 aromatic heterocycles. The molecule has 25 heavy (non-hydrogen) atoms. The van der Waals surface area contributed by atoms with E-state index in [4.69, 9.17) is 16.1 Å². The Balaban J connectivity index is 1.70. The Morgan fingerprint density at radius 3 is 2.76 bits per heavy atom. The van der Waals surface area contributed by atoms with Gasteiger partial charge in [0.05, 0.1) is 11.6 Å². The minimum Gasteiger partial charge on any atom is -0.338 e. The average Bonchev–Trinajstić information content (AvgIpc) is 3.06. The molecule has 0 saturated heterocycles. The molecule has 2 aromatic rings. The van der Waals surface area contributed by atoms with Crippen molar-refractivity contribution in [1.82, 2.24) is 14.9 Å². The van der Waals surface area contributed by atoms with E-state index in [2.05, 4.69) is 14.9 Å². The number of nitrogens with one attached hydrogen (secondary N) is 1. The van der Waals surface area contributed by atoms with E-state index in [-0.39, 0.29) is 33.8 Å². The summed E-state index contributed by atoms with van der Waals surface area (Å²) >= 11 is 5.86. The number of halogens is 2. The summed E-state index contributed by atoms with van der Waals surface area (Å²) < 4.78 is 45.7. The van der Waals surface area contributed by atoms with Crippen LogP contribution in [0.15, 0.2) is 21.6 Å². The van der Waals surface area contributed by atoms with E-state index in [1.165, 1.54) is 19.4 Å². The molecular formula is C16H19ClFN3O3S. The molecule has 3 rings (SSSR count). The van der Waals surface area contributed by atoms with Gasteiger partial charge in [-0.3, -0.25) is 0 Å². The predicted molar refractivity (Wildman–Crippen MR) is 90.3 cm³/mol. The van der Waals surface area contributed by atoms with Crippen LogP contribution in [0.2, 0.25) is 5.02 Å². The molecule has 1 fully saturated rings. The zero-order valence-electron chi connectivity index (χ0n) is 13.8. The van der Waals surface area contributed by atoms with Gasteiger partial charge < -0.3 is 4.52 Å². The van der Waals surface area contributed by atoms with Crippen molar-refractivity contribution in [2.45, 2.75) is 56.4 Å². The van der Waals surface area contributed by atoms with Crippen molar-refractivity contribution in [3.05, 3.63) is 40.3 Å². The Kier molecular flexibility index (Phi) is 5.41. The summed E-state index contributed by atoms with van der Waals surface area (Å²) in [6, 6.07) is 2.18. The van der Waals surface area contributed by atoms with Crippen LogP contribution >= 0.6 is 11.6 Å². The van der Waals surface area contributed by atoms with E-state index in [0.717, 1.165) is 31.7 Å². The van der Waals surface area contributed by atoms with Gasteiger partial charge in [-0.2, -0.15) is 4.98 Å². The van der Waals surface area contributed by atoms with Crippen LogP contribution in [0, 0.1) is 12.7 Å². The number of aryl methyl sites for hydroxylation is 1. The summed E-state index contributed by atoms with van der Waals surface area (Å²) in [5, 5.41) is 3.78. The first-order chi connectivity index (χ1) is 11.9. The first-order valence-electron chi connectivity index (χ1n) is 8.14. The first-order valence-corrected chi connectivity index (χ1v) is 10.0. The van der Waals surface area contributed by atoms with E-state index in [9.17, 15) is 12.8 Å². The minimum atomic E-state index is -3.92. The smallest absolute Gasteiger partial charge is 0.242 e. The van der Waals surface area contributed by atoms with Crippen LogP contribution in [0.5, 0.6) is 0 Å². The van der Waals surface area contributed by atoms with Crippen LogP contribution in [-0.2, 0) is 16.6 Å². The first kappa shape index (κ1) is 18.3. The number of nitrogens with zero attached hydrogens (tertiary/aromatic N) is 2. The zero-order chi connectivity index (χ0) is 18.0. The highest BCUT2D eigenvalue weighted by Gasteiger charge is 2.23. The molecule has 0 atom stereocenters. The molecule has 1 N–H and O–H groups in total. The lowest BCUT2D eigenvalue weighted by atomic mass is 9.89. The fraction of sp³-hybridized carbons (Fsp3) is 0.500. The molecule has 0 radical (unpaired) electrons. The van der Waals surface area contributed by atoms with Crippen LogP contribution in [0.4, 0.5) is 4.39 Å². The monoisotopic (exact) mass is 387 g/mol. The summed E-state index contributed by atoms with van der Waals surface area (Å²) in [5.41, 5.74) is 0.196. The van der Waals surface area contributed by atoms with Gasteiger partial charge in [0.25, 0.3) is 0 Å². The summed E-state index contributed by atoms with van der Waals surface area (Å²) in [6.07, 6.45) is 5.55. The van der Waals surface area contributed by atoms with Gasteiger partial charge in [0, 0.05) is 5.92 Å². The molecule has 1 saturated carbocycles. The van der Waals surface area contributed by atoms with E-state index in [1.807, 2.05) is 0 Å². The normalized spacial score (nSPS) is 16.3. The molecule has 0 amide bonds. The highest BCUT2D eigenvalue weighted by molar-refractivity contribution is 7.89. The predicted octanol–water partition coefficient (Wildman–Crippen LogP) is 3.70. The highest BCUT2D eigenvalue weighted by Crippen LogP contribution is 2.31. The van der Waals surface area contributed by atoms with E-state index in [1.54, 1.807) is 0 Å². The Labute approximate surface area is 150 Å².